The van der Waals surface area contributed by atoms with E-state index < -0.39 is 11.8 Å². The number of carbonyl (C=O) groups excluding carboxylic acids is 1. The van der Waals surface area contributed by atoms with Crippen LogP contribution < -0.4 is 10.2 Å². The summed E-state index contributed by atoms with van der Waals surface area (Å²) in [5.41, 5.74) is 1.74. The van der Waals surface area contributed by atoms with Crippen LogP contribution in [0.3, 0.4) is 0 Å². The number of nitrogens with zero attached hydrogens (tertiary/aromatic N) is 3. The largest absolute Gasteiger partial charge is 0.356 e. The number of benzene rings is 1. The molecule has 0 bridgehead atoms. The van der Waals surface area contributed by atoms with Crippen LogP contribution in [0.5, 0.6) is 0 Å². The first-order chi connectivity index (χ1) is 13.3. The van der Waals surface area contributed by atoms with Gasteiger partial charge in [-0.3, -0.25) is 4.79 Å². The molecule has 1 aromatic carbocycles. The van der Waals surface area contributed by atoms with Crippen molar-refractivity contribution in [3.05, 3.63) is 52.2 Å². The van der Waals surface area contributed by atoms with Crippen molar-refractivity contribution in [3.63, 3.8) is 0 Å². The van der Waals surface area contributed by atoms with Crippen LogP contribution in [-0.2, 0) is 0 Å². The number of hydrogen-bond acceptors (Lipinski definition) is 4. The summed E-state index contributed by atoms with van der Waals surface area (Å²) in [5.74, 6) is -2.79. The average molecular weight is 405 g/mol. The van der Waals surface area contributed by atoms with Crippen molar-refractivity contribution >= 4 is 29.0 Å². The molecule has 1 aliphatic rings. The fourth-order valence-electron chi connectivity index (χ4n) is 3.08. The summed E-state index contributed by atoms with van der Waals surface area (Å²) in [5, 5.41) is 11.9. The van der Waals surface area contributed by atoms with Gasteiger partial charge in [-0.1, -0.05) is 11.6 Å². The number of nitriles is 1. The summed E-state index contributed by atoms with van der Waals surface area (Å²) < 4.78 is 27.5. The van der Waals surface area contributed by atoms with Gasteiger partial charge in [0.25, 0.3) is 5.91 Å². The van der Waals surface area contributed by atoms with Gasteiger partial charge in [-0.15, -0.1) is 0 Å². The second-order valence-electron chi connectivity index (χ2n) is 6.77. The molecule has 2 aromatic rings. The number of nitrogens with one attached hydrogen (secondary N) is 1. The molecule has 2 heterocycles. The van der Waals surface area contributed by atoms with E-state index in [9.17, 15) is 13.6 Å². The predicted octanol–water partition coefficient (Wildman–Crippen LogP) is 4.79. The Kier molecular flexibility index (Phi) is 5.80. The molecule has 1 fully saturated rings. The van der Waals surface area contributed by atoms with Gasteiger partial charge in [0.2, 0.25) is 5.92 Å². The number of aromatic nitrogens is 1. The summed E-state index contributed by atoms with van der Waals surface area (Å²) in [6.45, 7) is 2.21. The fraction of sp³-hybridized carbons (Fsp3) is 0.350. The second-order valence-corrected chi connectivity index (χ2v) is 7.17. The van der Waals surface area contributed by atoms with E-state index in [0.717, 1.165) is 0 Å². The van der Waals surface area contributed by atoms with Gasteiger partial charge in [-0.25, -0.2) is 13.8 Å². The van der Waals surface area contributed by atoms with E-state index in [1.54, 1.807) is 36.1 Å². The van der Waals surface area contributed by atoms with Crippen LogP contribution in [0.1, 0.15) is 40.9 Å². The summed E-state index contributed by atoms with van der Waals surface area (Å²) in [6.07, 6.45) is -0.150. The number of amides is 1. The minimum absolute atomic E-state index is 0.109. The Hall–Kier alpha value is -2.72. The number of carbonyl (C=O) groups is 1. The molecule has 0 aliphatic carbocycles. The van der Waals surface area contributed by atoms with Gasteiger partial charge in [-0.05, 0) is 43.7 Å². The molecule has 5 nitrogen and oxygen atoms in total. The molecule has 146 valence electrons. The average Bonchev–Trinajstić information content (AvgIpc) is 2.84. The number of hydrogen-bond donors (Lipinski definition) is 1. The van der Waals surface area contributed by atoms with Crippen LogP contribution in [0.4, 0.5) is 20.3 Å². The molecule has 1 aromatic heterocycles. The molecule has 1 amide bonds. The number of rotatable bonds is 3. The highest BCUT2D eigenvalue weighted by atomic mass is 35.5. The van der Waals surface area contributed by atoms with E-state index in [0.29, 0.717) is 40.8 Å². The minimum Gasteiger partial charge on any atom is -0.356 e. The zero-order valence-electron chi connectivity index (χ0n) is 15.3. The Morgan fingerprint density at radius 3 is 2.68 bits per heavy atom. The van der Waals surface area contributed by atoms with E-state index in [1.165, 1.54) is 6.07 Å². The van der Waals surface area contributed by atoms with E-state index in [-0.39, 0.29) is 24.9 Å². The SMILES string of the molecule is Cc1nc(N2CCCC(F)(F)CC2)c(C(=O)Nc2ccc(C#N)cc2)cc1Cl. The lowest BCUT2D eigenvalue weighted by molar-refractivity contribution is -0.0102. The topological polar surface area (TPSA) is 69.0 Å². The highest BCUT2D eigenvalue weighted by molar-refractivity contribution is 6.31. The molecule has 0 unspecified atom stereocenters. The molecule has 0 spiro atoms. The third kappa shape index (κ3) is 4.57. The number of alkyl halides is 2. The monoisotopic (exact) mass is 404 g/mol. The van der Waals surface area contributed by atoms with Crippen molar-refractivity contribution < 1.29 is 13.6 Å². The molecule has 0 saturated carbocycles. The summed E-state index contributed by atoms with van der Waals surface area (Å²) >= 11 is 6.17. The molecule has 0 atom stereocenters. The number of anilines is 2. The third-order valence-corrected chi connectivity index (χ3v) is 5.05. The predicted molar refractivity (Wildman–Crippen MR) is 104 cm³/mol. The Bertz CT molecular complexity index is 925. The lowest BCUT2D eigenvalue weighted by Crippen LogP contribution is -2.29. The first-order valence-electron chi connectivity index (χ1n) is 8.90. The van der Waals surface area contributed by atoms with Crippen molar-refractivity contribution in [2.75, 3.05) is 23.3 Å². The van der Waals surface area contributed by atoms with Crippen LogP contribution in [0, 0.1) is 18.3 Å². The number of halogens is 3. The summed E-state index contributed by atoms with van der Waals surface area (Å²) in [6, 6.07) is 9.94. The molecule has 3 rings (SSSR count). The van der Waals surface area contributed by atoms with Crippen molar-refractivity contribution in [2.24, 2.45) is 0 Å². The van der Waals surface area contributed by atoms with Crippen LogP contribution >= 0.6 is 11.6 Å². The maximum absolute atomic E-state index is 13.7. The third-order valence-electron chi connectivity index (χ3n) is 4.67. The maximum Gasteiger partial charge on any atom is 0.259 e. The van der Waals surface area contributed by atoms with E-state index in [4.69, 9.17) is 16.9 Å². The lowest BCUT2D eigenvalue weighted by Gasteiger charge is -2.24. The number of pyridine rings is 1. The summed E-state index contributed by atoms with van der Waals surface area (Å²) in [7, 11) is 0. The van der Waals surface area contributed by atoms with Crippen molar-refractivity contribution in [2.45, 2.75) is 32.1 Å². The second kappa shape index (κ2) is 8.11. The van der Waals surface area contributed by atoms with E-state index in [1.807, 2.05) is 6.07 Å². The van der Waals surface area contributed by atoms with Crippen LogP contribution in [-0.4, -0.2) is 29.9 Å². The molecule has 28 heavy (non-hydrogen) atoms. The zero-order chi connectivity index (χ0) is 20.3. The molecule has 8 heteroatoms. The van der Waals surface area contributed by atoms with E-state index >= 15 is 0 Å². The molecule has 1 aliphatic heterocycles. The summed E-state index contributed by atoms with van der Waals surface area (Å²) in [4.78, 5) is 19.0. The first kappa shape index (κ1) is 20.0. The Labute approximate surface area is 166 Å². The van der Waals surface area contributed by atoms with Gasteiger partial charge in [-0.2, -0.15) is 5.26 Å². The normalized spacial score (nSPS) is 16.2. The van der Waals surface area contributed by atoms with Crippen LogP contribution in [0.25, 0.3) is 0 Å². The molecule has 0 radical (unpaired) electrons. The first-order valence-corrected chi connectivity index (χ1v) is 9.28. The van der Waals surface area contributed by atoms with Crippen molar-refractivity contribution in [1.29, 1.82) is 5.26 Å². The molecular weight excluding hydrogens is 386 g/mol. The Morgan fingerprint density at radius 2 is 2.00 bits per heavy atom. The molecule has 1 saturated heterocycles. The lowest BCUT2D eigenvalue weighted by atomic mass is 10.1. The van der Waals surface area contributed by atoms with Crippen LogP contribution in [0.15, 0.2) is 30.3 Å². The highest BCUT2D eigenvalue weighted by Crippen LogP contribution is 2.32. The fourth-order valence-corrected chi connectivity index (χ4v) is 3.23. The van der Waals surface area contributed by atoms with Gasteiger partial charge in [0.15, 0.2) is 0 Å². The molecule has 1 N–H and O–H groups in total. The van der Waals surface area contributed by atoms with Gasteiger partial charge in [0.1, 0.15) is 5.82 Å². The van der Waals surface area contributed by atoms with Crippen LogP contribution in [0.2, 0.25) is 5.02 Å². The Morgan fingerprint density at radius 1 is 1.29 bits per heavy atom. The van der Waals surface area contributed by atoms with E-state index in [2.05, 4.69) is 10.3 Å². The minimum atomic E-state index is -2.71. The Balaban J connectivity index is 1.90. The smallest absolute Gasteiger partial charge is 0.259 e. The quantitative estimate of drug-likeness (QED) is 0.798. The maximum atomic E-state index is 13.7. The van der Waals surface area contributed by atoms with Gasteiger partial charge in [0.05, 0.1) is 27.9 Å². The highest BCUT2D eigenvalue weighted by Gasteiger charge is 2.33. The van der Waals surface area contributed by atoms with Gasteiger partial charge in [0, 0.05) is 31.6 Å². The number of aryl methyl sites for hydroxylation is 1. The van der Waals surface area contributed by atoms with Gasteiger partial charge < -0.3 is 10.2 Å². The van der Waals surface area contributed by atoms with Crippen molar-refractivity contribution in [1.82, 2.24) is 4.98 Å². The van der Waals surface area contributed by atoms with Crippen molar-refractivity contribution in [3.8, 4) is 6.07 Å². The standard InChI is InChI=1S/C20H19ClF2N4O/c1-13-17(21)11-16(19(28)26-15-5-3-14(12-24)4-6-15)18(25-13)27-9-2-7-20(22,23)8-10-27/h3-6,11H,2,7-10H2,1H3,(H,26,28). The molecular formula is C20H19ClF2N4O. The zero-order valence-corrected chi connectivity index (χ0v) is 16.1. The van der Waals surface area contributed by atoms with Gasteiger partial charge >= 0.3 is 0 Å².